The van der Waals surface area contributed by atoms with Gasteiger partial charge in [0.25, 0.3) is 5.91 Å². The monoisotopic (exact) mass is 364 g/mol. The minimum atomic E-state index is -1.05. The van der Waals surface area contributed by atoms with Crippen molar-refractivity contribution < 1.29 is 19.1 Å². The molecule has 138 valence electrons. The van der Waals surface area contributed by atoms with E-state index in [1.165, 1.54) is 0 Å². The number of urea groups is 1. The van der Waals surface area contributed by atoms with Crippen molar-refractivity contribution >= 4 is 17.7 Å². The second-order valence-corrected chi connectivity index (χ2v) is 6.89. The molecule has 1 aliphatic heterocycles. The lowest BCUT2D eigenvalue weighted by Crippen LogP contribution is -2.46. The van der Waals surface area contributed by atoms with Crippen molar-refractivity contribution in [2.45, 2.75) is 24.8 Å². The van der Waals surface area contributed by atoms with Crippen LogP contribution in [0.1, 0.15) is 34.3 Å². The normalized spacial score (nSPS) is 21.1. The predicted molar refractivity (Wildman–Crippen MR) is 98.6 cm³/mol. The highest BCUT2D eigenvalue weighted by Crippen LogP contribution is 2.39. The molecule has 1 atom stereocenters. The molecule has 1 fully saturated rings. The third-order valence-electron chi connectivity index (χ3n) is 5.36. The van der Waals surface area contributed by atoms with Crippen molar-refractivity contribution in [1.29, 1.82) is 0 Å². The number of nitrogens with zero attached hydrogens (tertiary/aromatic N) is 1. The first-order valence-corrected chi connectivity index (χ1v) is 8.95. The molecule has 1 heterocycles. The van der Waals surface area contributed by atoms with Crippen LogP contribution >= 0.6 is 0 Å². The fourth-order valence-electron chi connectivity index (χ4n) is 3.97. The van der Waals surface area contributed by atoms with E-state index < -0.39 is 11.6 Å². The topological polar surface area (TPSA) is 75.7 Å². The van der Waals surface area contributed by atoms with E-state index in [1.807, 2.05) is 24.3 Å². The molecule has 0 saturated carbocycles. The molecule has 6 heteroatoms. The molecule has 6 nitrogen and oxygen atoms in total. The maximum absolute atomic E-state index is 13.2. The van der Waals surface area contributed by atoms with Gasteiger partial charge in [-0.05, 0) is 54.7 Å². The van der Waals surface area contributed by atoms with Gasteiger partial charge in [-0.3, -0.25) is 14.5 Å². The molecule has 0 bridgehead atoms. The number of amides is 3. The van der Waals surface area contributed by atoms with Gasteiger partial charge in [-0.2, -0.15) is 0 Å². The molecule has 2 aliphatic rings. The Morgan fingerprint density at radius 3 is 2.63 bits per heavy atom. The van der Waals surface area contributed by atoms with Gasteiger partial charge in [0.05, 0.1) is 13.7 Å². The number of hydrogen-bond acceptors (Lipinski definition) is 4. The number of benzene rings is 2. The van der Waals surface area contributed by atoms with Crippen LogP contribution < -0.4 is 10.1 Å². The number of imide groups is 1. The van der Waals surface area contributed by atoms with E-state index in [9.17, 15) is 14.4 Å². The molecule has 1 spiro atoms. The Hall–Kier alpha value is -3.15. The standard InChI is InChI=1S/C21H20N2O4/c1-27-16-10-8-15(9-11-16)18(24)13-23-19(25)21(22-20(23)26)12-4-6-14-5-2-3-7-17(14)21/h2-3,5,7-11H,4,6,12-13H2,1H3,(H,22,26)/t21-/m1/s1. The summed E-state index contributed by atoms with van der Waals surface area (Å²) in [5, 5.41) is 2.87. The first kappa shape index (κ1) is 17.3. The van der Waals surface area contributed by atoms with Gasteiger partial charge in [-0.15, -0.1) is 0 Å². The number of methoxy groups -OCH3 is 1. The number of fused-ring (bicyclic) bond motifs is 2. The van der Waals surface area contributed by atoms with Gasteiger partial charge >= 0.3 is 6.03 Å². The lowest BCUT2D eigenvalue weighted by Gasteiger charge is -2.33. The maximum atomic E-state index is 13.2. The minimum Gasteiger partial charge on any atom is -0.497 e. The molecule has 2 aromatic carbocycles. The molecule has 27 heavy (non-hydrogen) atoms. The summed E-state index contributed by atoms with van der Waals surface area (Å²) in [6, 6.07) is 13.8. The molecular weight excluding hydrogens is 344 g/mol. The summed E-state index contributed by atoms with van der Waals surface area (Å²) in [6.45, 7) is -0.277. The van der Waals surface area contributed by atoms with Gasteiger partial charge in [-0.1, -0.05) is 24.3 Å². The van der Waals surface area contributed by atoms with Gasteiger partial charge in [0.2, 0.25) is 0 Å². The first-order valence-electron chi connectivity index (χ1n) is 8.95. The smallest absolute Gasteiger partial charge is 0.325 e. The van der Waals surface area contributed by atoms with Crippen LogP contribution in [0.2, 0.25) is 0 Å². The minimum absolute atomic E-state index is 0.277. The molecule has 4 rings (SSSR count). The van der Waals surface area contributed by atoms with Gasteiger partial charge < -0.3 is 10.1 Å². The Labute approximate surface area is 157 Å². The Balaban J connectivity index is 1.60. The van der Waals surface area contributed by atoms with E-state index in [0.717, 1.165) is 28.9 Å². The molecule has 1 N–H and O–H groups in total. The van der Waals surface area contributed by atoms with Crippen LogP contribution in [0.4, 0.5) is 4.79 Å². The number of carbonyl (C=O) groups is 3. The largest absolute Gasteiger partial charge is 0.497 e. The summed E-state index contributed by atoms with van der Waals surface area (Å²) in [5.41, 5.74) is 1.29. The number of hydrogen-bond donors (Lipinski definition) is 1. The molecule has 0 radical (unpaired) electrons. The maximum Gasteiger partial charge on any atom is 0.325 e. The Bertz CT molecular complexity index is 922. The van der Waals surface area contributed by atoms with Crippen molar-refractivity contribution in [3.8, 4) is 5.75 Å². The zero-order valence-electron chi connectivity index (χ0n) is 15.0. The van der Waals surface area contributed by atoms with Crippen molar-refractivity contribution in [3.63, 3.8) is 0 Å². The highest BCUT2D eigenvalue weighted by atomic mass is 16.5. The van der Waals surface area contributed by atoms with E-state index in [0.29, 0.717) is 17.7 Å². The lowest BCUT2D eigenvalue weighted by molar-refractivity contribution is -0.131. The summed E-state index contributed by atoms with van der Waals surface area (Å²) < 4.78 is 5.08. The van der Waals surface area contributed by atoms with Crippen molar-refractivity contribution in [2.75, 3.05) is 13.7 Å². The summed E-state index contributed by atoms with van der Waals surface area (Å²) in [4.78, 5) is 39.4. The summed E-state index contributed by atoms with van der Waals surface area (Å²) >= 11 is 0. The molecule has 1 aliphatic carbocycles. The van der Waals surface area contributed by atoms with Crippen LogP contribution in [0.15, 0.2) is 48.5 Å². The zero-order valence-corrected chi connectivity index (χ0v) is 15.0. The van der Waals surface area contributed by atoms with Crippen LogP contribution in [-0.2, 0) is 16.8 Å². The molecule has 2 aromatic rings. The van der Waals surface area contributed by atoms with E-state index in [1.54, 1.807) is 31.4 Å². The number of rotatable bonds is 4. The summed E-state index contributed by atoms with van der Waals surface area (Å²) in [7, 11) is 1.55. The molecule has 0 aromatic heterocycles. The van der Waals surface area contributed by atoms with Crippen LogP contribution in [0, 0.1) is 0 Å². The van der Waals surface area contributed by atoms with E-state index in [4.69, 9.17) is 4.74 Å². The van der Waals surface area contributed by atoms with Crippen molar-refractivity contribution in [2.24, 2.45) is 0 Å². The van der Waals surface area contributed by atoms with Gasteiger partial charge in [0.15, 0.2) is 5.78 Å². The third kappa shape index (κ3) is 2.77. The third-order valence-corrected chi connectivity index (χ3v) is 5.36. The number of aryl methyl sites for hydroxylation is 1. The highest BCUT2D eigenvalue weighted by molar-refractivity contribution is 6.11. The number of ketones is 1. The van der Waals surface area contributed by atoms with E-state index in [-0.39, 0.29) is 18.2 Å². The average Bonchev–Trinajstić information content (AvgIpc) is 2.93. The fourth-order valence-corrected chi connectivity index (χ4v) is 3.97. The Morgan fingerprint density at radius 1 is 1.15 bits per heavy atom. The quantitative estimate of drug-likeness (QED) is 0.668. The summed E-state index contributed by atoms with van der Waals surface area (Å²) in [6.07, 6.45) is 2.23. The molecule has 3 amide bonds. The summed E-state index contributed by atoms with van der Waals surface area (Å²) in [5.74, 6) is 0.00289. The molecule has 0 unspecified atom stereocenters. The van der Waals surface area contributed by atoms with Gasteiger partial charge in [0, 0.05) is 5.56 Å². The molecule has 1 saturated heterocycles. The number of nitrogens with one attached hydrogen (secondary N) is 1. The van der Waals surface area contributed by atoms with E-state index >= 15 is 0 Å². The second-order valence-electron chi connectivity index (χ2n) is 6.89. The Kier molecular flexibility index (Phi) is 4.18. The lowest BCUT2D eigenvalue weighted by atomic mass is 9.76. The second kappa shape index (κ2) is 6.54. The van der Waals surface area contributed by atoms with Crippen LogP contribution in [0.25, 0.3) is 0 Å². The average molecular weight is 364 g/mol. The van der Waals surface area contributed by atoms with Crippen molar-refractivity contribution in [1.82, 2.24) is 10.2 Å². The van der Waals surface area contributed by atoms with Crippen LogP contribution in [0.3, 0.4) is 0 Å². The van der Waals surface area contributed by atoms with Crippen LogP contribution in [0.5, 0.6) is 5.75 Å². The Morgan fingerprint density at radius 2 is 1.89 bits per heavy atom. The number of ether oxygens (including phenoxy) is 1. The molecular formula is C21H20N2O4. The van der Waals surface area contributed by atoms with Gasteiger partial charge in [0.1, 0.15) is 11.3 Å². The highest BCUT2D eigenvalue weighted by Gasteiger charge is 2.54. The van der Waals surface area contributed by atoms with E-state index in [2.05, 4.69) is 5.32 Å². The number of carbonyl (C=O) groups excluding carboxylic acids is 3. The first-order chi connectivity index (χ1) is 13.0. The predicted octanol–water partition coefficient (Wildman–Crippen LogP) is 2.66. The van der Waals surface area contributed by atoms with Crippen LogP contribution in [-0.4, -0.2) is 36.3 Å². The number of Topliss-reactive ketones (excluding diaryl/α,β-unsaturated/α-hetero) is 1. The van der Waals surface area contributed by atoms with Gasteiger partial charge in [-0.25, -0.2) is 4.79 Å². The van der Waals surface area contributed by atoms with Crippen molar-refractivity contribution in [3.05, 3.63) is 65.2 Å². The zero-order chi connectivity index (χ0) is 19.0. The fraction of sp³-hybridized carbons (Fsp3) is 0.286. The SMILES string of the molecule is COc1ccc(C(=O)CN2C(=O)N[C@@]3(CCCc4ccccc43)C2=O)cc1.